The van der Waals surface area contributed by atoms with Gasteiger partial charge < -0.3 is 4.55 Å². The first-order valence-corrected chi connectivity index (χ1v) is 5.64. The monoisotopic (exact) mass is 176 g/mol. The van der Waals surface area contributed by atoms with Gasteiger partial charge in [0.25, 0.3) is 0 Å². The average Bonchev–Trinajstić information content (AvgIpc) is 2.03. The maximum absolute atomic E-state index is 10.4. The second kappa shape index (κ2) is 4.88. The summed E-state index contributed by atoms with van der Waals surface area (Å²) in [5.74, 6) is 1.21. The lowest BCUT2D eigenvalue weighted by molar-refractivity contribution is 0.349. The molecule has 2 nitrogen and oxygen atoms in total. The third-order valence-electron chi connectivity index (χ3n) is 2.43. The van der Waals surface area contributed by atoms with Crippen LogP contribution in [0.1, 0.15) is 38.5 Å². The van der Waals surface area contributed by atoms with E-state index in [1.54, 1.807) is 0 Å². The van der Waals surface area contributed by atoms with Crippen molar-refractivity contribution in [3.8, 4) is 0 Å². The van der Waals surface area contributed by atoms with E-state index in [2.05, 4.69) is 0 Å². The first-order chi connectivity index (χ1) is 5.29. The molecule has 0 radical (unpaired) electrons. The molecular weight excluding hydrogens is 160 g/mol. The Morgan fingerprint density at radius 2 is 1.91 bits per heavy atom. The zero-order chi connectivity index (χ0) is 8.10. The zero-order valence-corrected chi connectivity index (χ0v) is 7.61. The van der Waals surface area contributed by atoms with Gasteiger partial charge in [-0.05, 0) is 12.3 Å². The van der Waals surface area contributed by atoms with Crippen LogP contribution in [0.3, 0.4) is 0 Å². The number of hydrogen-bond acceptors (Lipinski definition) is 1. The summed E-state index contributed by atoms with van der Waals surface area (Å²) in [5.41, 5.74) is 0. The highest BCUT2D eigenvalue weighted by atomic mass is 32.2. The molecule has 0 aromatic carbocycles. The summed E-state index contributed by atoms with van der Waals surface area (Å²) in [6.07, 6.45) is 7.50. The summed E-state index contributed by atoms with van der Waals surface area (Å²) in [6, 6.07) is 0. The van der Waals surface area contributed by atoms with Gasteiger partial charge in [-0.1, -0.05) is 32.1 Å². The van der Waals surface area contributed by atoms with Gasteiger partial charge in [0.05, 0.1) is 0 Å². The minimum atomic E-state index is -1.57. The van der Waals surface area contributed by atoms with Crippen molar-refractivity contribution in [1.82, 2.24) is 0 Å². The minimum absolute atomic E-state index is 0.477. The molecule has 0 saturated heterocycles. The molecule has 0 aromatic rings. The molecule has 1 N–H and O–H groups in total. The van der Waals surface area contributed by atoms with Crippen LogP contribution in [0.2, 0.25) is 0 Å². The molecule has 1 rings (SSSR count). The quantitative estimate of drug-likeness (QED) is 0.669. The van der Waals surface area contributed by atoms with E-state index in [4.69, 9.17) is 4.55 Å². The maximum Gasteiger partial charge on any atom is 0.152 e. The fourth-order valence-corrected chi connectivity index (χ4v) is 2.28. The van der Waals surface area contributed by atoms with E-state index in [1.165, 1.54) is 32.1 Å². The van der Waals surface area contributed by atoms with Crippen molar-refractivity contribution < 1.29 is 8.76 Å². The Morgan fingerprint density at radius 3 is 2.45 bits per heavy atom. The molecule has 1 atom stereocenters. The summed E-state index contributed by atoms with van der Waals surface area (Å²) in [7, 11) is 0. The van der Waals surface area contributed by atoms with E-state index in [-0.39, 0.29) is 0 Å². The van der Waals surface area contributed by atoms with E-state index in [1.807, 2.05) is 0 Å². The van der Waals surface area contributed by atoms with Crippen molar-refractivity contribution in [2.75, 3.05) is 5.75 Å². The molecule has 0 aromatic heterocycles. The van der Waals surface area contributed by atoms with Crippen LogP contribution in [0.4, 0.5) is 0 Å². The van der Waals surface area contributed by atoms with Crippen LogP contribution in [-0.2, 0) is 11.1 Å². The smallest absolute Gasteiger partial charge is 0.152 e. The second-order valence-electron chi connectivity index (χ2n) is 3.32. The highest BCUT2D eigenvalue weighted by Crippen LogP contribution is 2.26. The average molecular weight is 176 g/mol. The van der Waals surface area contributed by atoms with E-state index < -0.39 is 11.1 Å². The molecule has 3 heteroatoms. The Balaban J connectivity index is 2.09. The molecule has 0 bridgehead atoms. The van der Waals surface area contributed by atoms with Gasteiger partial charge in [0.2, 0.25) is 0 Å². The lowest BCUT2D eigenvalue weighted by Gasteiger charge is -2.20. The van der Waals surface area contributed by atoms with E-state index >= 15 is 0 Å². The molecule has 0 spiro atoms. The summed E-state index contributed by atoms with van der Waals surface area (Å²) >= 11 is -1.57. The highest BCUT2D eigenvalue weighted by molar-refractivity contribution is 7.79. The van der Waals surface area contributed by atoms with Gasteiger partial charge in [-0.25, -0.2) is 4.21 Å². The summed E-state index contributed by atoms with van der Waals surface area (Å²) in [5, 5.41) is 0. The molecule has 66 valence electrons. The lowest BCUT2D eigenvalue weighted by atomic mass is 9.88. The Bertz CT molecular complexity index is 130. The minimum Gasteiger partial charge on any atom is -0.306 e. The Kier molecular flexibility index (Phi) is 4.08. The molecular formula is C8H16O2S. The standard InChI is InChI=1S/C8H16O2S/c9-11(10)7-6-8-4-2-1-3-5-8/h8H,1-7H2,(H,9,10). The summed E-state index contributed by atoms with van der Waals surface area (Å²) in [6.45, 7) is 0. The molecule has 1 saturated carbocycles. The molecule has 1 unspecified atom stereocenters. The van der Waals surface area contributed by atoms with Crippen molar-refractivity contribution in [1.29, 1.82) is 0 Å². The van der Waals surface area contributed by atoms with Crippen LogP contribution < -0.4 is 0 Å². The predicted molar refractivity (Wildman–Crippen MR) is 46.8 cm³/mol. The molecule has 1 fully saturated rings. The molecule has 11 heavy (non-hydrogen) atoms. The second-order valence-corrected chi connectivity index (χ2v) is 4.37. The molecule has 1 aliphatic rings. The highest BCUT2D eigenvalue weighted by Gasteiger charge is 2.13. The largest absolute Gasteiger partial charge is 0.306 e. The lowest BCUT2D eigenvalue weighted by Crippen LogP contribution is -2.09. The van der Waals surface area contributed by atoms with E-state index in [9.17, 15) is 4.21 Å². The fraction of sp³-hybridized carbons (Fsp3) is 1.00. The predicted octanol–water partition coefficient (Wildman–Crippen LogP) is 2.18. The van der Waals surface area contributed by atoms with Gasteiger partial charge in [0.1, 0.15) is 0 Å². The Hall–Kier alpha value is 0.110. The third-order valence-corrected chi connectivity index (χ3v) is 3.01. The van der Waals surface area contributed by atoms with Crippen LogP contribution in [0, 0.1) is 5.92 Å². The SMILES string of the molecule is O=S(O)CCC1CCCCC1. The van der Waals surface area contributed by atoms with Crippen LogP contribution in [0.5, 0.6) is 0 Å². The zero-order valence-electron chi connectivity index (χ0n) is 6.79. The normalized spacial score (nSPS) is 23.4. The van der Waals surface area contributed by atoms with Crippen molar-refractivity contribution in [3.63, 3.8) is 0 Å². The van der Waals surface area contributed by atoms with Crippen LogP contribution in [0.15, 0.2) is 0 Å². The van der Waals surface area contributed by atoms with Crippen LogP contribution >= 0.6 is 0 Å². The van der Waals surface area contributed by atoms with Gasteiger partial charge in [-0.3, -0.25) is 0 Å². The molecule has 0 aliphatic heterocycles. The van der Waals surface area contributed by atoms with Crippen molar-refractivity contribution in [3.05, 3.63) is 0 Å². The first kappa shape index (κ1) is 9.20. The third kappa shape index (κ3) is 3.87. The molecule has 1 aliphatic carbocycles. The Labute approximate surface area is 70.7 Å². The topological polar surface area (TPSA) is 37.3 Å². The van der Waals surface area contributed by atoms with Crippen molar-refractivity contribution >= 4 is 11.1 Å². The van der Waals surface area contributed by atoms with Gasteiger partial charge in [-0.15, -0.1) is 0 Å². The fourth-order valence-electron chi connectivity index (χ4n) is 1.74. The number of hydrogen-bond donors (Lipinski definition) is 1. The van der Waals surface area contributed by atoms with Crippen LogP contribution in [-0.4, -0.2) is 14.5 Å². The van der Waals surface area contributed by atoms with E-state index in [0.29, 0.717) is 5.75 Å². The molecule has 0 heterocycles. The van der Waals surface area contributed by atoms with Gasteiger partial charge in [-0.2, -0.15) is 0 Å². The number of rotatable bonds is 3. The first-order valence-electron chi connectivity index (χ1n) is 4.36. The Morgan fingerprint density at radius 1 is 1.27 bits per heavy atom. The van der Waals surface area contributed by atoms with E-state index in [0.717, 1.165) is 12.3 Å². The summed E-state index contributed by atoms with van der Waals surface area (Å²) < 4.78 is 18.9. The van der Waals surface area contributed by atoms with Crippen molar-refractivity contribution in [2.24, 2.45) is 5.92 Å². The van der Waals surface area contributed by atoms with Gasteiger partial charge >= 0.3 is 0 Å². The van der Waals surface area contributed by atoms with Gasteiger partial charge in [0, 0.05) is 5.75 Å². The molecule has 0 amide bonds. The summed E-state index contributed by atoms with van der Waals surface area (Å²) in [4.78, 5) is 0. The van der Waals surface area contributed by atoms with Gasteiger partial charge in [0.15, 0.2) is 11.1 Å². The maximum atomic E-state index is 10.4. The van der Waals surface area contributed by atoms with Crippen molar-refractivity contribution in [2.45, 2.75) is 38.5 Å². The van der Waals surface area contributed by atoms with Crippen LogP contribution in [0.25, 0.3) is 0 Å².